The summed E-state index contributed by atoms with van der Waals surface area (Å²) < 4.78 is 4.94. The van der Waals surface area contributed by atoms with Crippen LogP contribution < -0.4 is 10.6 Å². The molecule has 2 N–H and O–H groups in total. The van der Waals surface area contributed by atoms with Crippen LogP contribution in [0.4, 0.5) is 28.8 Å². The minimum atomic E-state index is -0.544. The number of anilines is 4. The van der Waals surface area contributed by atoms with E-state index in [2.05, 4.69) is 32.7 Å². The van der Waals surface area contributed by atoms with E-state index in [0.29, 0.717) is 17.3 Å². The van der Waals surface area contributed by atoms with Gasteiger partial charge >= 0.3 is 5.69 Å². The van der Waals surface area contributed by atoms with Crippen molar-refractivity contribution in [2.45, 2.75) is 20.3 Å². The predicted molar refractivity (Wildman–Crippen MR) is 92.3 cm³/mol. The van der Waals surface area contributed by atoms with Gasteiger partial charge in [-0.15, -0.1) is 0 Å². The standard InChI is InChI=1S/C16H16N6O3/c1-3-11-4-6-12(7-5-11)19-15-14(22(23)24)16(18-9-17-15)20-13-8-10(2)25-21-13/h4-9H,3H2,1-2H3,(H2,17,18,19,20,21). The summed E-state index contributed by atoms with van der Waals surface area (Å²) in [7, 11) is 0. The van der Waals surface area contributed by atoms with Crippen molar-refractivity contribution in [1.82, 2.24) is 15.1 Å². The number of nitrogens with zero attached hydrogens (tertiary/aromatic N) is 4. The van der Waals surface area contributed by atoms with E-state index in [1.165, 1.54) is 11.9 Å². The number of rotatable bonds is 6. The third-order valence-electron chi connectivity index (χ3n) is 3.50. The zero-order valence-electron chi connectivity index (χ0n) is 13.7. The smallest absolute Gasteiger partial charge is 0.353 e. The first-order valence-electron chi connectivity index (χ1n) is 7.62. The SMILES string of the molecule is CCc1ccc(Nc2ncnc(Nc3cc(C)on3)c2[N+](=O)[O-])cc1. The highest BCUT2D eigenvalue weighted by atomic mass is 16.6. The maximum atomic E-state index is 11.5. The summed E-state index contributed by atoms with van der Waals surface area (Å²) in [5, 5.41) is 21.0. The maximum Gasteiger partial charge on any atom is 0.353 e. The minimum absolute atomic E-state index is 0.0287. The van der Waals surface area contributed by atoms with E-state index in [9.17, 15) is 10.1 Å². The predicted octanol–water partition coefficient (Wildman–Crippen LogP) is 3.73. The molecule has 0 spiro atoms. The van der Waals surface area contributed by atoms with E-state index in [4.69, 9.17) is 4.52 Å². The third-order valence-corrected chi connectivity index (χ3v) is 3.50. The summed E-state index contributed by atoms with van der Waals surface area (Å²) in [5.41, 5.74) is 1.59. The molecule has 0 saturated heterocycles. The van der Waals surface area contributed by atoms with E-state index in [0.717, 1.165) is 6.42 Å². The molecule has 25 heavy (non-hydrogen) atoms. The van der Waals surface area contributed by atoms with Gasteiger partial charge in [-0.3, -0.25) is 10.1 Å². The molecule has 128 valence electrons. The van der Waals surface area contributed by atoms with Crippen LogP contribution in [-0.2, 0) is 6.42 Å². The van der Waals surface area contributed by atoms with Crippen molar-refractivity contribution in [2.24, 2.45) is 0 Å². The van der Waals surface area contributed by atoms with Crippen molar-refractivity contribution in [3.63, 3.8) is 0 Å². The normalized spacial score (nSPS) is 10.5. The number of aryl methyl sites for hydroxylation is 2. The van der Waals surface area contributed by atoms with E-state index in [1.54, 1.807) is 13.0 Å². The molecule has 0 atom stereocenters. The van der Waals surface area contributed by atoms with E-state index >= 15 is 0 Å². The van der Waals surface area contributed by atoms with Crippen LogP contribution >= 0.6 is 0 Å². The summed E-state index contributed by atoms with van der Waals surface area (Å²) in [6.45, 7) is 3.78. The lowest BCUT2D eigenvalue weighted by Gasteiger charge is -2.09. The quantitative estimate of drug-likeness (QED) is 0.514. The Balaban J connectivity index is 1.92. The molecule has 0 amide bonds. The molecule has 0 aliphatic heterocycles. The molecule has 0 radical (unpaired) electrons. The molecule has 9 nitrogen and oxygen atoms in total. The summed E-state index contributed by atoms with van der Waals surface area (Å²) in [5.74, 6) is 1.03. The Morgan fingerprint density at radius 3 is 2.40 bits per heavy atom. The Hall–Kier alpha value is -3.49. The molecule has 0 aliphatic carbocycles. The molecule has 0 bridgehead atoms. The van der Waals surface area contributed by atoms with Crippen LogP contribution in [0.3, 0.4) is 0 Å². The van der Waals surface area contributed by atoms with Gasteiger partial charge in [-0.25, -0.2) is 9.97 Å². The number of aromatic nitrogens is 3. The van der Waals surface area contributed by atoms with Gasteiger partial charge in [-0.2, -0.15) is 0 Å². The molecule has 3 rings (SSSR count). The first kappa shape index (κ1) is 16.4. The van der Waals surface area contributed by atoms with Crippen LogP contribution in [0.1, 0.15) is 18.2 Å². The van der Waals surface area contributed by atoms with Crippen LogP contribution in [0.25, 0.3) is 0 Å². The second-order valence-corrected chi connectivity index (χ2v) is 5.30. The molecule has 0 unspecified atom stereocenters. The van der Waals surface area contributed by atoms with Gasteiger partial charge in [0, 0.05) is 11.8 Å². The van der Waals surface area contributed by atoms with Crippen LogP contribution in [0.15, 0.2) is 41.2 Å². The van der Waals surface area contributed by atoms with Gasteiger partial charge in [-0.05, 0) is 31.0 Å². The number of hydrogen-bond donors (Lipinski definition) is 2. The number of nitrogens with one attached hydrogen (secondary N) is 2. The van der Waals surface area contributed by atoms with Crippen LogP contribution in [0.2, 0.25) is 0 Å². The molecule has 0 aliphatic rings. The van der Waals surface area contributed by atoms with Crippen LogP contribution in [-0.4, -0.2) is 20.0 Å². The van der Waals surface area contributed by atoms with Crippen molar-refractivity contribution in [3.05, 3.63) is 58.1 Å². The van der Waals surface area contributed by atoms with Gasteiger partial charge in [0.1, 0.15) is 12.1 Å². The fourth-order valence-electron chi connectivity index (χ4n) is 2.24. The van der Waals surface area contributed by atoms with E-state index in [1.807, 2.05) is 24.3 Å². The van der Waals surface area contributed by atoms with Crippen LogP contribution in [0.5, 0.6) is 0 Å². The van der Waals surface area contributed by atoms with Gasteiger partial charge in [0.25, 0.3) is 0 Å². The molecule has 0 saturated carbocycles. The Bertz CT molecular complexity index is 891. The highest BCUT2D eigenvalue weighted by Crippen LogP contribution is 2.32. The second-order valence-electron chi connectivity index (χ2n) is 5.30. The lowest BCUT2D eigenvalue weighted by molar-refractivity contribution is -0.383. The fraction of sp³-hybridized carbons (Fsp3) is 0.188. The number of nitro groups is 1. The van der Waals surface area contributed by atoms with Gasteiger partial charge in [0.2, 0.25) is 11.6 Å². The number of benzene rings is 1. The van der Waals surface area contributed by atoms with Gasteiger partial charge in [-0.1, -0.05) is 24.2 Å². The first-order chi connectivity index (χ1) is 12.1. The fourth-order valence-corrected chi connectivity index (χ4v) is 2.24. The molecule has 9 heteroatoms. The van der Waals surface area contributed by atoms with E-state index < -0.39 is 4.92 Å². The minimum Gasteiger partial charge on any atom is -0.360 e. The Labute approximate surface area is 143 Å². The highest BCUT2D eigenvalue weighted by Gasteiger charge is 2.24. The lowest BCUT2D eigenvalue weighted by atomic mass is 10.1. The lowest BCUT2D eigenvalue weighted by Crippen LogP contribution is -2.05. The Kier molecular flexibility index (Phi) is 4.55. The van der Waals surface area contributed by atoms with Crippen molar-refractivity contribution in [2.75, 3.05) is 10.6 Å². The summed E-state index contributed by atoms with van der Waals surface area (Å²) in [6.07, 6.45) is 2.16. The maximum absolute atomic E-state index is 11.5. The monoisotopic (exact) mass is 340 g/mol. The van der Waals surface area contributed by atoms with Crippen molar-refractivity contribution in [1.29, 1.82) is 0 Å². The van der Waals surface area contributed by atoms with E-state index in [-0.39, 0.29) is 17.3 Å². The summed E-state index contributed by atoms with van der Waals surface area (Å²) >= 11 is 0. The average Bonchev–Trinajstić information content (AvgIpc) is 3.00. The second kappa shape index (κ2) is 6.95. The molecule has 0 fully saturated rings. The van der Waals surface area contributed by atoms with Crippen molar-refractivity contribution < 1.29 is 9.45 Å². The number of hydrogen-bond acceptors (Lipinski definition) is 8. The average molecular weight is 340 g/mol. The van der Waals surface area contributed by atoms with Gasteiger partial charge in [0.05, 0.1) is 4.92 Å². The van der Waals surface area contributed by atoms with Gasteiger partial charge in [0.15, 0.2) is 5.82 Å². The van der Waals surface area contributed by atoms with Crippen molar-refractivity contribution >= 4 is 28.8 Å². The largest absolute Gasteiger partial charge is 0.360 e. The Morgan fingerprint density at radius 1 is 1.16 bits per heavy atom. The molecule has 2 aromatic heterocycles. The summed E-state index contributed by atoms with van der Waals surface area (Å²) in [4.78, 5) is 18.9. The zero-order valence-corrected chi connectivity index (χ0v) is 13.7. The third kappa shape index (κ3) is 3.71. The molecule has 2 heterocycles. The highest BCUT2D eigenvalue weighted by molar-refractivity contribution is 5.76. The van der Waals surface area contributed by atoms with Gasteiger partial charge < -0.3 is 15.2 Å². The molecule has 1 aromatic carbocycles. The topological polar surface area (TPSA) is 119 Å². The molecule has 3 aromatic rings. The molecular weight excluding hydrogens is 324 g/mol. The Morgan fingerprint density at radius 2 is 1.84 bits per heavy atom. The first-order valence-corrected chi connectivity index (χ1v) is 7.62. The summed E-state index contributed by atoms with van der Waals surface area (Å²) in [6, 6.07) is 9.21. The molecular formula is C16H16N6O3. The zero-order chi connectivity index (χ0) is 17.8. The van der Waals surface area contributed by atoms with Crippen LogP contribution in [0, 0.1) is 17.0 Å². The van der Waals surface area contributed by atoms with Crippen molar-refractivity contribution in [3.8, 4) is 0 Å².